The van der Waals surface area contributed by atoms with Gasteiger partial charge in [-0.3, -0.25) is 4.79 Å². The summed E-state index contributed by atoms with van der Waals surface area (Å²) in [6.07, 6.45) is 1.80. The van der Waals surface area contributed by atoms with Crippen LogP contribution in [0.15, 0.2) is 51.8 Å². The fourth-order valence-electron chi connectivity index (χ4n) is 3.42. The lowest BCUT2D eigenvalue weighted by atomic mass is 9.87. The molecule has 0 bridgehead atoms. The number of benzene rings is 2. The number of nitrogens with one attached hydrogen (secondary N) is 1. The first-order valence-electron chi connectivity index (χ1n) is 11.0. The fraction of sp³-hybridized carbons (Fsp3) is 0.458. The molecule has 1 saturated heterocycles. The van der Waals surface area contributed by atoms with Gasteiger partial charge in [0, 0.05) is 13.1 Å². The normalized spacial score (nSPS) is 14.8. The molecule has 3 rings (SSSR count). The molecule has 180 valence electrons. The molecule has 0 radical (unpaired) electrons. The second-order valence-corrected chi connectivity index (χ2v) is 11.8. The Balaban J connectivity index is 1.40. The number of rotatable bonds is 9. The van der Waals surface area contributed by atoms with E-state index in [1.165, 1.54) is 9.87 Å². The smallest absolute Gasteiger partial charge is 0.258 e. The van der Waals surface area contributed by atoms with Gasteiger partial charge >= 0.3 is 0 Å². The largest absolute Gasteiger partial charge is 0.492 e. The number of halogens is 1. The van der Waals surface area contributed by atoms with Crippen LogP contribution in [0, 0.1) is 0 Å². The molecular weight excluding hydrogens is 508 g/mol. The molecule has 0 saturated carbocycles. The number of ether oxygens (including phenoxy) is 2. The monoisotopic (exact) mass is 538 g/mol. The number of carbonyl (C=O) groups excluding carboxylic acids is 1. The van der Waals surface area contributed by atoms with Crippen molar-refractivity contribution < 1.29 is 22.7 Å². The van der Waals surface area contributed by atoms with Gasteiger partial charge < -0.3 is 14.8 Å². The number of amides is 1. The summed E-state index contributed by atoms with van der Waals surface area (Å²) in [5.41, 5.74) is 1.20. The molecule has 1 heterocycles. The summed E-state index contributed by atoms with van der Waals surface area (Å²) in [4.78, 5) is 12.3. The molecule has 0 atom stereocenters. The Morgan fingerprint density at radius 1 is 1.06 bits per heavy atom. The summed E-state index contributed by atoms with van der Waals surface area (Å²) >= 11 is 3.50. The molecule has 0 spiro atoms. The lowest BCUT2D eigenvalue weighted by molar-refractivity contribution is -0.123. The van der Waals surface area contributed by atoms with Gasteiger partial charge in [-0.25, -0.2) is 8.42 Å². The molecule has 1 amide bonds. The van der Waals surface area contributed by atoms with Gasteiger partial charge in [0.2, 0.25) is 10.0 Å². The second-order valence-electron chi connectivity index (χ2n) is 8.96. The molecule has 2 aromatic rings. The number of carbonyl (C=O) groups is 1. The van der Waals surface area contributed by atoms with Gasteiger partial charge in [0.25, 0.3) is 5.91 Å². The molecule has 0 aromatic heterocycles. The van der Waals surface area contributed by atoms with Crippen molar-refractivity contribution in [3.05, 3.63) is 52.5 Å². The summed E-state index contributed by atoms with van der Waals surface area (Å²) in [7, 11) is -3.43. The van der Waals surface area contributed by atoms with E-state index in [1.807, 2.05) is 18.2 Å². The molecule has 7 nitrogen and oxygen atoms in total. The maximum Gasteiger partial charge on any atom is 0.258 e. The van der Waals surface area contributed by atoms with Crippen LogP contribution < -0.4 is 14.8 Å². The first kappa shape index (κ1) is 25.5. The topological polar surface area (TPSA) is 84.9 Å². The molecule has 0 unspecified atom stereocenters. The second kappa shape index (κ2) is 10.9. The summed E-state index contributed by atoms with van der Waals surface area (Å²) in [5, 5.41) is 2.74. The van der Waals surface area contributed by atoms with Crippen LogP contribution >= 0.6 is 15.9 Å². The van der Waals surface area contributed by atoms with Crippen molar-refractivity contribution in [2.75, 3.05) is 32.8 Å². The average molecular weight is 539 g/mol. The van der Waals surface area contributed by atoms with Crippen molar-refractivity contribution in [3.63, 3.8) is 0 Å². The summed E-state index contributed by atoms with van der Waals surface area (Å²) in [5.74, 6) is 0.902. The third-order valence-electron chi connectivity index (χ3n) is 5.38. The van der Waals surface area contributed by atoms with Gasteiger partial charge in [-0.2, -0.15) is 4.31 Å². The SMILES string of the molecule is CC(C)(C)c1ccc(OCC(=O)NCCOc2ccc(S(=O)(=O)N3CCCC3)cc2)c(Br)c1. The molecule has 9 heteroatoms. The van der Waals surface area contributed by atoms with Gasteiger partial charge in [0.05, 0.1) is 15.9 Å². The van der Waals surface area contributed by atoms with Crippen LogP contribution in [0.4, 0.5) is 0 Å². The van der Waals surface area contributed by atoms with Gasteiger partial charge in [-0.05, 0) is 76.1 Å². The maximum absolute atomic E-state index is 12.5. The standard InChI is InChI=1S/C24H31BrN2O5S/c1-24(2,3)18-6-11-22(21(25)16-18)32-17-23(28)26-12-15-31-19-7-9-20(10-8-19)33(29,30)27-13-4-5-14-27/h6-11,16H,4-5,12-15,17H2,1-3H3,(H,26,28). The lowest BCUT2D eigenvalue weighted by Crippen LogP contribution is -2.32. The zero-order chi connectivity index (χ0) is 24.1. The van der Waals surface area contributed by atoms with Crippen LogP contribution in [0.1, 0.15) is 39.2 Å². The molecule has 1 N–H and O–H groups in total. The van der Waals surface area contributed by atoms with Gasteiger partial charge in [0.15, 0.2) is 6.61 Å². The Labute approximate surface area is 204 Å². The third kappa shape index (κ3) is 6.94. The lowest BCUT2D eigenvalue weighted by Gasteiger charge is -2.20. The van der Waals surface area contributed by atoms with Crippen LogP contribution in [0.25, 0.3) is 0 Å². The van der Waals surface area contributed by atoms with Crippen molar-refractivity contribution in [2.24, 2.45) is 0 Å². The van der Waals surface area contributed by atoms with Crippen molar-refractivity contribution in [1.82, 2.24) is 9.62 Å². The zero-order valence-electron chi connectivity index (χ0n) is 19.3. The van der Waals surface area contributed by atoms with E-state index in [4.69, 9.17) is 9.47 Å². The number of nitrogens with zero attached hydrogens (tertiary/aromatic N) is 1. The first-order chi connectivity index (χ1) is 15.6. The van der Waals surface area contributed by atoms with E-state index in [2.05, 4.69) is 42.0 Å². The van der Waals surface area contributed by atoms with Gasteiger partial charge in [-0.15, -0.1) is 0 Å². The Morgan fingerprint density at radius 2 is 1.73 bits per heavy atom. The molecule has 2 aromatic carbocycles. The molecule has 0 aliphatic carbocycles. The van der Waals surface area contributed by atoms with Crippen LogP contribution in [0.5, 0.6) is 11.5 Å². The Hall–Kier alpha value is -2.10. The zero-order valence-corrected chi connectivity index (χ0v) is 21.7. The van der Waals surface area contributed by atoms with E-state index >= 15 is 0 Å². The quantitative estimate of drug-likeness (QED) is 0.485. The van der Waals surface area contributed by atoms with Gasteiger partial charge in [0.1, 0.15) is 18.1 Å². The average Bonchev–Trinajstić information content (AvgIpc) is 3.31. The van der Waals surface area contributed by atoms with Crippen molar-refractivity contribution in [2.45, 2.75) is 43.9 Å². The Kier molecular flexibility index (Phi) is 8.42. The molecule has 33 heavy (non-hydrogen) atoms. The predicted octanol–water partition coefficient (Wildman–Crippen LogP) is 4.11. The van der Waals surface area contributed by atoms with E-state index in [0.29, 0.717) is 31.1 Å². The van der Waals surface area contributed by atoms with E-state index < -0.39 is 10.0 Å². The fourth-order valence-corrected chi connectivity index (χ4v) is 5.43. The Bertz CT molecular complexity index is 1060. The maximum atomic E-state index is 12.5. The number of hydrogen-bond acceptors (Lipinski definition) is 5. The summed E-state index contributed by atoms with van der Waals surface area (Å²) < 4.78 is 38.6. The van der Waals surface area contributed by atoms with Crippen LogP contribution in [0.3, 0.4) is 0 Å². The van der Waals surface area contributed by atoms with Crippen LogP contribution in [0.2, 0.25) is 0 Å². The van der Waals surface area contributed by atoms with E-state index in [0.717, 1.165) is 17.3 Å². The molecule has 1 aliphatic rings. The minimum Gasteiger partial charge on any atom is -0.492 e. The van der Waals surface area contributed by atoms with E-state index in [9.17, 15) is 13.2 Å². The predicted molar refractivity (Wildman–Crippen MR) is 131 cm³/mol. The number of sulfonamides is 1. The van der Waals surface area contributed by atoms with E-state index in [1.54, 1.807) is 24.3 Å². The highest BCUT2D eigenvalue weighted by Gasteiger charge is 2.26. The minimum absolute atomic E-state index is 0.0287. The van der Waals surface area contributed by atoms with Crippen LogP contribution in [-0.4, -0.2) is 51.5 Å². The van der Waals surface area contributed by atoms with Crippen molar-refractivity contribution in [1.29, 1.82) is 0 Å². The van der Waals surface area contributed by atoms with Crippen LogP contribution in [-0.2, 0) is 20.2 Å². The highest BCUT2D eigenvalue weighted by molar-refractivity contribution is 9.10. The highest BCUT2D eigenvalue weighted by Crippen LogP contribution is 2.31. The van der Waals surface area contributed by atoms with Crippen molar-refractivity contribution in [3.8, 4) is 11.5 Å². The Morgan fingerprint density at radius 3 is 2.33 bits per heavy atom. The summed E-state index contributed by atoms with van der Waals surface area (Å²) in [6, 6.07) is 12.2. The van der Waals surface area contributed by atoms with Gasteiger partial charge in [-0.1, -0.05) is 26.8 Å². The van der Waals surface area contributed by atoms with E-state index in [-0.39, 0.29) is 29.4 Å². The summed E-state index contributed by atoms with van der Waals surface area (Å²) in [6.45, 7) is 8.01. The third-order valence-corrected chi connectivity index (χ3v) is 7.91. The minimum atomic E-state index is -3.43. The van der Waals surface area contributed by atoms with Crippen molar-refractivity contribution >= 4 is 31.9 Å². The number of hydrogen-bond donors (Lipinski definition) is 1. The molecular formula is C24H31BrN2O5S. The molecule has 1 aliphatic heterocycles. The highest BCUT2D eigenvalue weighted by atomic mass is 79.9. The molecule has 1 fully saturated rings. The first-order valence-corrected chi connectivity index (χ1v) is 13.2.